The number of rotatable bonds is 1. The maximum absolute atomic E-state index is 9.11. The van der Waals surface area contributed by atoms with Crippen LogP contribution >= 0.6 is 0 Å². The lowest BCUT2D eigenvalue weighted by Crippen LogP contribution is -1.81. The van der Waals surface area contributed by atoms with E-state index < -0.39 is 0 Å². The van der Waals surface area contributed by atoms with Crippen molar-refractivity contribution < 1.29 is 4.42 Å². The Bertz CT molecular complexity index is 719. The van der Waals surface area contributed by atoms with Gasteiger partial charge in [-0.15, -0.1) is 0 Å². The molecule has 0 aliphatic rings. The summed E-state index contributed by atoms with van der Waals surface area (Å²) in [6.45, 7) is 0. The Kier molecular flexibility index (Phi) is 2.16. The topological polar surface area (TPSA) is 36.9 Å². The van der Waals surface area contributed by atoms with Crippen molar-refractivity contribution >= 4 is 11.0 Å². The summed E-state index contributed by atoms with van der Waals surface area (Å²) in [6, 6.07) is 17.6. The van der Waals surface area contributed by atoms with Crippen LogP contribution in [0.4, 0.5) is 0 Å². The Morgan fingerprint density at radius 2 is 1.65 bits per heavy atom. The first-order valence-corrected chi connectivity index (χ1v) is 5.36. The van der Waals surface area contributed by atoms with Crippen LogP contribution in [0.2, 0.25) is 0 Å². The SMILES string of the molecule is N#Cc1ccccc1-c1coc2ccccc12. The average molecular weight is 219 g/mol. The number of benzene rings is 2. The molecule has 0 bridgehead atoms. The lowest BCUT2D eigenvalue weighted by atomic mass is 10.00. The van der Waals surface area contributed by atoms with Gasteiger partial charge in [0.25, 0.3) is 0 Å². The Morgan fingerprint density at radius 1 is 0.882 bits per heavy atom. The molecule has 0 spiro atoms. The van der Waals surface area contributed by atoms with Crippen LogP contribution in [0, 0.1) is 11.3 Å². The van der Waals surface area contributed by atoms with Crippen molar-refractivity contribution in [2.75, 3.05) is 0 Å². The largest absolute Gasteiger partial charge is 0.464 e. The van der Waals surface area contributed by atoms with E-state index in [1.54, 1.807) is 6.26 Å². The minimum Gasteiger partial charge on any atom is -0.464 e. The number of fused-ring (bicyclic) bond motifs is 1. The Labute approximate surface area is 98.7 Å². The third kappa shape index (κ3) is 1.49. The van der Waals surface area contributed by atoms with Crippen molar-refractivity contribution in [2.45, 2.75) is 0 Å². The molecule has 1 aromatic heterocycles. The van der Waals surface area contributed by atoms with Gasteiger partial charge in [-0.25, -0.2) is 0 Å². The zero-order valence-electron chi connectivity index (χ0n) is 9.05. The Hall–Kier alpha value is -2.53. The van der Waals surface area contributed by atoms with Gasteiger partial charge in [-0.3, -0.25) is 0 Å². The highest BCUT2D eigenvalue weighted by Crippen LogP contribution is 2.32. The molecule has 2 heteroatoms. The quantitative estimate of drug-likeness (QED) is 0.620. The third-order valence-corrected chi connectivity index (χ3v) is 2.82. The van der Waals surface area contributed by atoms with E-state index in [0.717, 1.165) is 22.1 Å². The fourth-order valence-electron chi connectivity index (χ4n) is 2.00. The van der Waals surface area contributed by atoms with Gasteiger partial charge in [0.2, 0.25) is 0 Å². The molecule has 0 saturated carbocycles. The normalized spacial score (nSPS) is 10.3. The van der Waals surface area contributed by atoms with E-state index in [1.165, 1.54) is 0 Å². The number of nitriles is 1. The van der Waals surface area contributed by atoms with Crippen LogP contribution in [-0.4, -0.2) is 0 Å². The molecular formula is C15H9NO. The van der Waals surface area contributed by atoms with Crippen LogP contribution in [0.25, 0.3) is 22.1 Å². The van der Waals surface area contributed by atoms with Crippen molar-refractivity contribution in [3.05, 3.63) is 60.4 Å². The second kappa shape index (κ2) is 3.80. The summed E-state index contributed by atoms with van der Waals surface area (Å²) >= 11 is 0. The highest BCUT2D eigenvalue weighted by molar-refractivity contribution is 5.95. The van der Waals surface area contributed by atoms with Crippen LogP contribution in [-0.2, 0) is 0 Å². The Morgan fingerprint density at radius 3 is 2.53 bits per heavy atom. The fourth-order valence-corrected chi connectivity index (χ4v) is 2.00. The van der Waals surface area contributed by atoms with Gasteiger partial charge >= 0.3 is 0 Å². The summed E-state index contributed by atoms with van der Waals surface area (Å²) in [7, 11) is 0. The molecule has 0 unspecified atom stereocenters. The summed E-state index contributed by atoms with van der Waals surface area (Å²) in [5, 5.41) is 10.1. The van der Waals surface area contributed by atoms with E-state index in [9.17, 15) is 0 Å². The van der Waals surface area contributed by atoms with E-state index in [0.29, 0.717) is 5.56 Å². The van der Waals surface area contributed by atoms with Gasteiger partial charge in [-0.2, -0.15) is 5.26 Å². The van der Waals surface area contributed by atoms with E-state index in [4.69, 9.17) is 9.68 Å². The van der Waals surface area contributed by atoms with Crippen LogP contribution in [0.3, 0.4) is 0 Å². The molecule has 2 nitrogen and oxygen atoms in total. The van der Waals surface area contributed by atoms with Crippen molar-refractivity contribution in [1.29, 1.82) is 5.26 Å². The van der Waals surface area contributed by atoms with Gasteiger partial charge in [0.15, 0.2) is 0 Å². The molecule has 0 radical (unpaired) electrons. The summed E-state index contributed by atoms with van der Waals surface area (Å²) in [5.41, 5.74) is 3.40. The predicted molar refractivity (Wildman–Crippen MR) is 66.4 cm³/mol. The summed E-state index contributed by atoms with van der Waals surface area (Å²) in [4.78, 5) is 0. The molecule has 3 rings (SSSR count). The monoisotopic (exact) mass is 219 g/mol. The lowest BCUT2D eigenvalue weighted by molar-refractivity contribution is 0.617. The van der Waals surface area contributed by atoms with E-state index in [2.05, 4.69) is 6.07 Å². The molecule has 0 aliphatic carbocycles. The molecule has 17 heavy (non-hydrogen) atoms. The molecule has 0 amide bonds. The number of nitrogens with zero attached hydrogens (tertiary/aromatic N) is 1. The van der Waals surface area contributed by atoms with Crippen molar-refractivity contribution in [1.82, 2.24) is 0 Å². The van der Waals surface area contributed by atoms with Crippen molar-refractivity contribution in [3.8, 4) is 17.2 Å². The standard InChI is InChI=1S/C15H9NO/c16-9-11-5-1-2-6-12(11)14-10-17-15-8-4-3-7-13(14)15/h1-8,10H. The van der Waals surface area contributed by atoms with Gasteiger partial charge in [0.1, 0.15) is 5.58 Å². The van der Waals surface area contributed by atoms with Gasteiger partial charge in [-0.05, 0) is 12.1 Å². The first-order valence-electron chi connectivity index (χ1n) is 5.36. The number of para-hydroxylation sites is 1. The molecule has 0 fully saturated rings. The Balaban J connectivity index is 2.32. The highest BCUT2D eigenvalue weighted by Gasteiger charge is 2.10. The highest BCUT2D eigenvalue weighted by atomic mass is 16.3. The minimum atomic E-state index is 0.666. The zero-order chi connectivity index (χ0) is 11.7. The van der Waals surface area contributed by atoms with Crippen molar-refractivity contribution in [3.63, 3.8) is 0 Å². The van der Waals surface area contributed by atoms with Crippen LogP contribution in [0.15, 0.2) is 59.2 Å². The predicted octanol–water partition coefficient (Wildman–Crippen LogP) is 3.97. The van der Waals surface area contributed by atoms with Gasteiger partial charge in [0, 0.05) is 16.5 Å². The summed E-state index contributed by atoms with van der Waals surface area (Å²) in [6.07, 6.45) is 1.71. The van der Waals surface area contributed by atoms with E-state index in [-0.39, 0.29) is 0 Å². The van der Waals surface area contributed by atoms with Crippen LogP contribution in [0.5, 0.6) is 0 Å². The number of hydrogen-bond acceptors (Lipinski definition) is 2. The first-order chi connectivity index (χ1) is 8.40. The average Bonchev–Trinajstić information content (AvgIpc) is 2.82. The van der Waals surface area contributed by atoms with Crippen LogP contribution < -0.4 is 0 Å². The second-order valence-corrected chi connectivity index (χ2v) is 3.80. The van der Waals surface area contributed by atoms with Gasteiger partial charge in [0.05, 0.1) is 17.9 Å². The summed E-state index contributed by atoms with van der Waals surface area (Å²) < 4.78 is 5.49. The van der Waals surface area contributed by atoms with Crippen LogP contribution in [0.1, 0.15) is 5.56 Å². The second-order valence-electron chi connectivity index (χ2n) is 3.80. The maximum Gasteiger partial charge on any atom is 0.134 e. The third-order valence-electron chi connectivity index (χ3n) is 2.82. The molecular weight excluding hydrogens is 210 g/mol. The smallest absolute Gasteiger partial charge is 0.134 e. The number of furan rings is 1. The first kappa shape index (κ1) is 9.68. The lowest BCUT2D eigenvalue weighted by Gasteiger charge is -2.00. The summed E-state index contributed by atoms with van der Waals surface area (Å²) in [5.74, 6) is 0. The molecule has 0 atom stereocenters. The molecule has 0 N–H and O–H groups in total. The molecule has 1 heterocycles. The minimum absolute atomic E-state index is 0.666. The molecule has 80 valence electrons. The van der Waals surface area contributed by atoms with E-state index >= 15 is 0 Å². The molecule has 3 aromatic rings. The molecule has 0 saturated heterocycles. The van der Waals surface area contributed by atoms with Gasteiger partial charge < -0.3 is 4.42 Å². The maximum atomic E-state index is 9.11. The molecule has 2 aromatic carbocycles. The molecule has 0 aliphatic heterocycles. The zero-order valence-corrected chi connectivity index (χ0v) is 9.05. The number of hydrogen-bond donors (Lipinski definition) is 0. The van der Waals surface area contributed by atoms with E-state index in [1.807, 2.05) is 48.5 Å². The van der Waals surface area contributed by atoms with Crippen molar-refractivity contribution in [2.24, 2.45) is 0 Å². The fraction of sp³-hybridized carbons (Fsp3) is 0. The van der Waals surface area contributed by atoms with Gasteiger partial charge in [-0.1, -0.05) is 36.4 Å².